The van der Waals surface area contributed by atoms with E-state index in [4.69, 9.17) is 0 Å². The van der Waals surface area contributed by atoms with E-state index in [1.54, 1.807) is 6.92 Å². The second-order valence-corrected chi connectivity index (χ2v) is 5.68. The van der Waals surface area contributed by atoms with Gasteiger partial charge in [-0.15, -0.1) is 0 Å². The Morgan fingerprint density at radius 2 is 1.82 bits per heavy atom. The van der Waals surface area contributed by atoms with Crippen LogP contribution in [0.4, 0.5) is 0 Å². The van der Waals surface area contributed by atoms with Crippen molar-refractivity contribution in [2.24, 2.45) is 11.8 Å². The predicted molar refractivity (Wildman–Crippen MR) is 63.5 cm³/mol. The molecule has 2 saturated carbocycles. The van der Waals surface area contributed by atoms with Crippen LogP contribution in [0.2, 0.25) is 0 Å². The Hall–Kier alpha value is -1.06. The molecule has 17 heavy (non-hydrogen) atoms. The molecule has 2 rings (SSSR count). The average Bonchev–Trinajstić information content (AvgIpc) is 2.99. The molecule has 2 aliphatic carbocycles. The molecule has 4 nitrogen and oxygen atoms in total. The first-order chi connectivity index (χ1) is 8.02. The smallest absolute Gasteiger partial charge is 0.329 e. The average molecular weight is 239 g/mol. The topological polar surface area (TPSA) is 66.4 Å². The molecule has 2 fully saturated rings. The lowest BCUT2D eigenvalue weighted by Crippen LogP contribution is -2.54. The highest BCUT2D eigenvalue weighted by atomic mass is 16.4. The Kier molecular flexibility index (Phi) is 3.40. The third-order valence-electron chi connectivity index (χ3n) is 4.19. The van der Waals surface area contributed by atoms with Gasteiger partial charge in [0.05, 0.1) is 0 Å². The molecule has 1 atom stereocenters. The molecule has 96 valence electrons. The predicted octanol–water partition coefficient (Wildman–Crippen LogP) is 1.94. The zero-order valence-electron chi connectivity index (χ0n) is 10.4. The molecule has 0 bridgehead atoms. The third kappa shape index (κ3) is 2.79. The molecule has 0 spiro atoms. The first-order valence-electron chi connectivity index (χ1n) is 6.57. The highest BCUT2D eigenvalue weighted by Gasteiger charge is 2.48. The molecule has 0 aromatic carbocycles. The minimum atomic E-state index is -1.05. The van der Waals surface area contributed by atoms with E-state index in [1.807, 2.05) is 0 Å². The monoisotopic (exact) mass is 239 g/mol. The van der Waals surface area contributed by atoms with Crippen LogP contribution < -0.4 is 5.32 Å². The summed E-state index contributed by atoms with van der Waals surface area (Å²) >= 11 is 0. The van der Waals surface area contributed by atoms with Gasteiger partial charge in [0.15, 0.2) is 0 Å². The van der Waals surface area contributed by atoms with Crippen molar-refractivity contribution in [3.05, 3.63) is 0 Å². The van der Waals surface area contributed by atoms with Crippen LogP contribution in [-0.4, -0.2) is 22.5 Å². The normalized spacial score (nSPS) is 24.3. The zero-order valence-corrected chi connectivity index (χ0v) is 10.4. The minimum absolute atomic E-state index is 0.0892. The molecule has 0 radical (unpaired) electrons. The summed E-state index contributed by atoms with van der Waals surface area (Å²) < 4.78 is 0. The summed E-state index contributed by atoms with van der Waals surface area (Å²) in [4.78, 5) is 23.1. The molecule has 0 aromatic heterocycles. The van der Waals surface area contributed by atoms with E-state index in [0.717, 1.165) is 25.7 Å². The second-order valence-electron chi connectivity index (χ2n) is 5.68. The molecule has 1 amide bonds. The van der Waals surface area contributed by atoms with Crippen LogP contribution in [-0.2, 0) is 9.59 Å². The maximum atomic E-state index is 11.9. The van der Waals surface area contributed by atoms with Crippen molar-refractivity contribution >= 4 is 11.9 Å². The maximum Gasteiger partial charge on any atom is 0.329 e. The summed E-state index contributed by atoms with van der Waals surface area (Å²) in [7, 11) is 0. The number of carboxylic acids is 1. The van der Waals surface area contributed by atoms with E-state index in [2.05, 4.69) is 5.32 Å². The van der Waals surface area contributed by atoms with Gasteiger partial charge in [0.1, 0.15) is 5.54 Å². The second kappa shape index (κ2) is 4.67. The Labute approximate surface area is 102 Å². The molecular formula is C13H21NO3. The summed E-state index contributed by atoms with van der Waals surface area (Å²) in [6.45, 7) is 1.64. The zero-order chi connectivity index (χ0) is 12.5. The van der Waals surface area contributed by atoms with Crippen molar-refractivity contribution in [1.29, 1.82) is 0 Å². The van der Waals surface area contributed by atoms with Gasteiger partial charge in [-0.25, -0.2) is 4.79 Å². The Bertz CT molecular complexity index is 319. The summed E-state index contributed by atoms with van der Waals surface area (Å²) in [6.07, 6.45) is 6.95. The van der Waals surface area contributed by atoms with Crippen molar-refractivity contribution in [3.63, 3.8) is 0 Å². The molecule has 2 aliphatic rings. The largest absolute Gasteiger partial charge is 0.480 e. The van der Waals surface area contributed by atoms with Gasteiger partial charge in [-0.2, -0.15) is 0 Å². The van der Waals surface area contributed by atoms with Crippen molar-refractivity contribution in [3.8, 4) is 0 Å². The number of carbonyl (C=O) groups is 2. The van der Waals surface area contributed by atoms with Crippen LogP contribution in [0.5, 0.6) is 0 Å². The summed E-state index contributed by atoms with van der Waals surface area (Å²) in [5.41, 5.74) is -1.05. The van der Waals surface area contributed by atoms with Gasteiger partial charge in [0, 0.05) is 6.42 Å². The van der Waals surface area contributed by atoms with Crippen LogP contribution in [0.1, 0.15) is 51.9 Å². The lowest BCUT2D eigenvalue weighted by atomic mass is 9.94. The van der Waals surface area contributed by atoms with E-state index in [9.17, 15) is 14.7 Å². The Morgan fingerprint density at radius 3 is 2.29 bits per heavy atom. The lowest BCUT2D eigenvalue weighted by molar-refractivity contribution is -0.148. The first kappa shape index (κ1) is 12.4. The summed E-state index contributed by atoms with van der Waals surface area (Å²) in [5.74, 6) is -0.409. The number of hydrogen-bond donors (Lipinski definition) is 2. The van der Waals surface area contributed by atoms with E-state index in [0.29, 0.717) is 12.3 Å². The van der Waals surface area contributed by atoms with Gasteiger partial charge in [0.2, 0.25) is 5.91 Å². The van der Waals surface area contributed by atoms with E-state index in [1.165, 1.54) is 12.8 Å². The summed E-state index contributed by atoms with van der Waals surface area (Å²) in [6, 6.07) is 0. The van der Waals surface area contributed by atoms with Gasteiger partial charge in [0.25, 0.3) is 0 Å². The molecule has 0 heterocycles. The quantitative estimate of drug-likeness (QED) is 0.770. The van der Waals surface area contributed by atoms with Crippen molar-refractivity contribution in [2.45, 2.75) is 57.4 Å². The molecule has 2 N–H and O–H groups in total. The highest BCUT2D eigenvalue weighted by Crippen LogP contribution is 2.40. The molecular weight excluding hydrogens is 218 g/mol. The third-order valence-corrected chi connectivity index (χ3v) is 4.19. The van der Waals surface area contributed by atoms with Gasteiger partial charge < -0.3 is 10.4 Å². The van der Waals surface area contributed by atoms with Crippen molar-refractivity contribution < 1.29 is 14.7 Å². The number of hydrogen-bond acceptors (Lipinski definition) is 2. The lowest BCUT2D eigenvalue weighted by Gasteiger charge is -2.26. The van der Waals surface area contributed by atoms with Gasteiger partial charge in [-0.3, -0.25) is 4.79 Å². The SMILES string of the molecule is C[C@](NC(=O)CC1CCCC1)(C(=O)O)C1CC1. The van der Waals surface area contributed by atoms with Crippen LogP contribution in [0.3, 0.4) is 0 Å². The fraction of sp³-hybridized carbons (Fsp3) is 0.846. The number of aliphatic carboxylic acids is 1. The molecule has 0 saturated heterocycles. The van der Waals surface area contributed by atoms with Crippen molar-refractivity contribution in [1.82, 2.24) is 5.32 Å². The maximum absolute atomic E-state index is 11.9. The fourth-order valence-corrected chi connectivity index (χ4v) is 2.81. The van der Waals surface area contributed by atoms with Crippen LogP contribution in [0, 0.1) is 11.8 Å². The number of carboxylic acid groups (broad SMARTS) is 1. The van der Waals surface area contributed by atoms with E-state index in [-0.39, 0.29) is 11.8 Å². The van der Waals surface area contributed by atoms with Gasteiger partial charge in [-0.05, 0) is 44.4 Å². The number of carbonyl (C=O) groups excluding carboxylic acids is 1. The Balaban J connectivity index is 1.89. The highest BCUT2D eigenvalue weighted by molar-refractivity contribution is 5.87. The van der Waals surface area contributed by atoms with Crippen molar-refractivity contribution in [2.75, 3.05) is 0 Å². The fourth-order valence-electron chi connectivity index (χ4n) is 2.81. The molecule has 0 unspecified atom stereocenters. The first-order valence-corrected chi connectivity index (χ1v) is 6.57. The molecule has 4 heteroatoms. The number of amides is 1. The van der Waals surface area contributed by atoms with Crippen LogP contribution in [0.15, 0.2) is 0 Å². The van der Waals surface area contributed by atoms with E-state index >= 15 is 0 Å². The number of rotatable bonds is 5. The van der Waals surface area contributed by atoms with Crippen LogP contribution in [0.25, 0.3) is 0 Å². The van der Waals surface area contributed by atoms with Crippen LogP contribution >= 0.6 is 0 Å². The summed E-state index contributed by atoms with van der Waals surface area (Å²) in [5, 5.41) is 12.0. The van der Waals surface area contributed by atoms with E-state index < -0.39 is 11.5 Å². The minimum Gasteiger partial charge on any atom is -0.480 e. The molecule has 0 aromatic rings. The Morgan fingerprint density at radius 1 is 1.24 bits per heavy atom. The number of nitrogens with one attached hydrogen (secondary N) is 1. The molecule has 0 aliphatic heterocycles. The standard InChI is InChI=1S/C13H21NO3/c1-13(12(16)17,10-6-7-10)14-11(15)8-9-4-2-3-5-9/h9-10H,2-8H2,1H3,(H,14,15)(H,16,17)/t13-/m1/s1. The van der Waals surface area contributed by atoms with Gasteiger partial charge in [-0.1, -0.05) is 12.8 Å². The van der Waals surface area contributed by atoms with Gasteiger partial charge >= 0.3 is 5.97 Å².